The SMILES string of the molecule is CC(C)(C)c1nc(C2=NC3(CCOc4ccc(Br)cc43)CCS2)[nH]c1C(C)(C)C. The Morgan fingerprint density at radius 1 is 1.10 bits per heavy atom. The van der Waals surface area contributed by atoms with Crippen LogP contribution in [0, 0.1) is 0 Å². The van der Waals surface area contributed by atoms with E-state index in [-0.39, 0.29) is 16.4 Å². The first-order chi connectivity index (χ1) is 13.5. The molecular formula is C23H30BrN3OS. The van der Waals surface area contributed by atoms with Crippen LogP contribution in [0.5, 0.6) is 5.75 Å². The zero-order valence-corrected chi connectivity index (χ0v) is 20.6. The molecule has 1 aromatic heterocycles. The van der Waals surface area contributed by atoms with Crippen molar-refractivity contribution in [1.29, 1.82) is 0 Å². The van der Waals surface area contributed by atoms with Gasteiger partial charge in [-0.05, 0) is 24.6 Å². The number of hydrogen-bond acceptors (Lipinski definition) is 4. The van der Waals surface area contributed by atoms with Crippen molar-refractivity contribution in [1.82, 2.24) is 9.97 Å². The number of aromatic nitrogens is 2. The maximum absolute atomic E-state index is 5.94. The largest absolute Gasteiger partial charge is 0.493 e. The van der Waals surface area contributed by atoms with Gasteiger partial charge in [-0.15, -0.1) is 11.8 Å². The highest BCUT2D eigenvalue weighted by Gasteiger charge is 2.41. The highest BCUT2D eigenvalue weighted by Crippen LogP contribution is 2.47. The first kappa shape index (κ1) is 21.0. The summed E-state index contributed by atoms with van der Waals surface area (Å²) in [6, 6.07) is 6.27. The van der Waals surface area contributed by atoms with Gasteiger partial charge in [0.25, 0.3) is 0 Å². The van der Waals surface area contributed by atoms with E-state index in [2.05, 4.69) is 74.6 Å². The quantitative estimate of drug-likeness (QED) is 0.523. The lowest BCUT2D eigenvalue weighted by molar-refractivity contribution is 0.214. The number of H-pyrrole nitrogens is 1. The molecule has 6 heteroatoms. The van der Waals surface area contributed by atoms with Crippen molar-refractivity contribution >= 4 is 32.7 Å². The summed E-state index contributed by atoms with van der Waals surface area (Å²) in [7, 11) is 0. The van der Waals surface area contributed by atoms with Gasteiger partial charge in [-0.25, -0.2) is 4.98 Å². The molecule has 0 saturated heterocycles. The number of halogens is 1. The van der Waals surface area contributed by atoms with Crippen LogP contribution in [0.3, 0.4) is 0 Å². The molecule has 0 aliphatic carbocycles. The van der Waals surface area contributed by atoms with E-state index in [1.807, 2.05) is 17.8 Å². The number of fused-ring (bicyclic) bond motifs is 2. The number of ether oxygens (including phenoxy) is 1. The van der Waals surface area contributed by atoms with Gasteiger partial charge in [0, 0.05) is 38.7 Å². The Labute approximate surface area is 186 Å². The molecule has 0 fully saturated rings. The molecule has 4 nitrogen and oxygen atoms in total. The predicted octanol–water partition coefficient (Wildman–Crippen LogP) is 6.33. The van der Waals surface area contributed by atoms with Crippen LogP contribution in [-0.2, 0) is 16.4 Å². The minimum Gasteiger partial charge on any atom is -0.493 e. The predicted molar refractivity (Wildman–Crippen MR) is 126 cm³/mol. The minimum atomic E-state index is -0.228. The monoisotopic (exact) mass is 475 g/mol. The summed E-state index contributed by atoms with van der Waals surface area (Å²) in [6.45, 7) is 14.1. The standard InChI is InChI=1S/C23H30BrN3OS/c1-21(2,3)17-18(22(4,5)6)26-19(25-17)20-27-23(10-12-29-20)9-11-28-16-8-7-14(24)13-15(16)23/h7-8,13H,9-12H2,1-6H3,(H,25,26). The van der Waals surface area contributed by atoms with Gasteiger partial charge in [0.15, 0.2) is 5.82 Å². The van der Waals surface area contributed by atoms with E-state index >= 15 is 0 Å². The molecule has 2 aliphatic rings. The van der Waals surface area contributed by atoms with E-state index in [1.165, 1.54) is 11.3 Å². The summed E-state index contributed by atoms with van der Waals surface area (Å²) >= 11 is 5.44. The Kier molecular flexibility index (Phi) is 5.18. The van der Waals surface area contributed by atoms with E-state index in [0.717, 1.165) is 45.4 Å². The summed E-state index contributed by atoms with van der Waals surface area (Å²) in [5.41, 5.74) is 3.28. The van der Waals surface area contributed by atoms with Gasteiger partial charge in [-0.3, -0.25) is 4.99 Å². The molecule has 2 aromatic rings. The van der Waals surface area contributed by atoms with Crippen LogP contribution in [0.15, 0.2) is 27.7 Å². The molecule has 4 rings (SSSR count). The van der Waals surface area contributed by atoms with Crippen molar-refractivity contribution in [3.63, 3.8) is 0 Å². The number of rotatable bonds is 1. The van der Waals surface area contributed by atoms with Gasteiger partial charge in [-0.2, -0.15) is 0 Å². The molecular weight excluding hydrogens is 446 g/mol. The third kappa shape index (κ3) is 3.90. The van der Waals surface area contributed by atoms with Crippen LogP contribution in [0.4, 0.5) is 0 Å². The smallest absolute Gasteiger partial charge is 0.162 e. The summed E-state index contributed by atoms with van der Waals surface area (Å²) in [4.78, 5) is 14.1. The second kappa shape index (κ2) is 7.16. The van der Waals surface area contributed by atoms with Crippen LogP contribution in [-0.4, -0.2) is 27.4 Å². The van der Waals surface area contributed by atoms with Crippen LogP contribution < -0.4 is 4.74 Å². The van der Waals surface area contributed by atoms with Gasteiger partial charge >= 0.3 is 0 Å². The third-order valence-corrected chi connectivity index (χ3v) is 7.11. The molecule has 3 heterocycles. The van der Waals surface area contributed by atoms with Crippen molar-refractivity contribution in [3.05, 3.63) is 45.4 Å². The number of thioether (sulfide) groups is 1. The number of nitrogens with one attached hydrogen (secondary N) is 1. The molecule has 1 aromatic carbocycles. The maximum Gasteiger partial charge on any atom is 0.162 e. The Bertz CT molecular complexity index is 936. The summed E-state index contributed by atoms with van der Waals surface area (Å²) in [5.74, 6) is 2.90. The fourth-order valence-corrected chi connectivity index (χ4v) is 5.58. The zero-order valence-electron chi connectivity index (χ0n) is 18.1. The molecule has 29 heavy (non-hydrogen) atoms. The van der Waals surface area contributed by atoms with E-state index < -0.39 is 0 Å². The van der Waals surface area contributed by atoms with Crippen LogP contribution in [0.2, 0.25) is 0 Å². The van der Waals surface area contributed by atoms with E-state index in [4.69, 9.17) is 14.7 Å². The van der Waals surface area contributed by atoms with Gasteiger partial charge in [-0.1, -0.05) is 57.5 Å². The van der Waals surface area contributed by atoms with Crippen molar-refractivity contribution in [2.24, 2.45) is 4.99 Å². The molecule has 0 radical (unpaired) electrons. The lowest BCUT2D eigenvalue weighted by Crippen LogP contribution is -2.35. The second-order valence-corrected chi connectivity index (χ2v) is 12.1. The number of imidazole rings is 1. The lowest BCUT2D eigenvalue weighted by atomic mass is 9.82. The molecule has 1 spiro atoms. The van der Waals surface area contributed by atoms with E-state index in [0.29, 0.717) is 6.61 Å². The lowest BCUT2D eigenvalue weighted by Gasteiger charge is -2.38. The molecule has 0 amide bonds. The highest BCUT2D eigenvalue weighted by atomic mass is 79.9. The Morgan fingerprint density at radius 3 is 2.52 bits per heavy atom. The number of hydrogen-bond donors (Lipinski definition) is 1. The molecule has 0 saturated carbocycles. The molecule has 1 unspecified atom stereocenters. The second-order valence-electron chi connectivity index (χ2n) is 10.1. The average Bonchev–Trinajstić information content (AvgIpc) is 3.09. The molecule has 0 bridgehead atoms. The van der Waals surface area contributed by atoms with Crippen molar-refractivity contribution < 1.29 is 4.74 Å². The van der Waals surface area contributed by atoms with Gasteiger partial charge < -0.3 is 9.72 Å². The molecule has 1 N–H and O–H groups in total. The zero-order chi connectivity index (χ0) is 21.0. The number of aliphatic imine (C=N–C) groups is 1. The van der Waals surface area contributed by atoms with Crippen molar-refractivity contribution in [2.45, 2.75) is 70.8 Å². The number of aromatic amines is 1. The molecule has 2 aliphatic heterocycles. The van der Waals surface area contributed by atoms with E-state index in [9.17, 15) is 0 Å². The highest BCUT2D eigenvalue weighted by molar-refractivity contribution is 9.10. The number of nitrogens with zero attached hydrogens (tertiary/aromatic N) is 2. The summed E-state index contributed by atoms with van der Waals surface area (Å²) in [6.07, 6.45) is 1.92. The minimum absolute atomic E-state index is 0.00157. The van der Waals surface area contributed by atoms with Gasteiger partial charge in [0.2, 0.25) is 0 Å². The van der Waals surface area contributed by atoms with Crippen molar-refractivity contribution in [3.8, 4) is 5.75 Å². The normalized spacial score (nSPS) is 22.2. The van der Waals surface area contributed by atoms with Crippen molar-refractivity contribution in [2.75, 3.05) is 12.4 Å². The average molecular weight is 476 g/mol. The first-order valence-electron chi connectivity index (χ1n) is 10.3. The summed E-state index contributed by atoms with van der Waals surface area (Å²) in [5, 5.41) is 1.02. The number of benzene rings is 1. The van der Waals surface area contributed by atoms with Crippen LogP contribution in [0.25, 0.3) is 0 Å². The maximum atomic E-state index is 5.94. The van der Waals surface area contributed by atoms with Gasteiger partial charge in [0.1, 0.15) is 10.8 Å². The molecule has 156 valence electrons. The topological polar surface area (TPSA) is 50.3 Å². The Balaban J connectivity index is 1.83. The van der Waals surface area contributed by atoms with Crippen LogP contribution in [0.1, 0.15) is 77.2 Å². The third-order valence-electron chi connectivity index (χ3n) is 5.65. The fourth-order valence-electron chi connectivity index (χ4n) is 4.11. The Hall–Kier alpha value is -1.27. The van der Waals surface area contributed by atoms with Gasteiger partial charge in [0.05, 0.1) is 17.8 Å². The van der Waals surface area contributed by atoms with E-state index in [1.54, 1.807) is 0 Å². The Morgan fingerprint density at radius 2 is 1.86 bits per heavy atom. The van der Waals surface area contributed by atoms with Crippen LogP contribution >= 0.6 is 27.7 Å². The fraction of sp³-hybridized carbons (Fsp3) is 0.565. The molecule has 1 atom stereocenters. The summed E-state index contributed by atoms with van der Waals surface area (Å²) < 4.78 is 7.01. The first-order valence-corrected chi connectivity index (χ1v) is 12.0.